The van der Waals surface area contributed by atoms with Gasteiger partial charge in [0.2, 0.25) is 5.95 Å². The highest BCUT2D eigenvalue weighted by Crippen LogP contribution is 2.24. The monoisotopic (exact) mass is 368 g/mol. The number of hydrogen-bond donors (Lipinski definition) is 2. The molecule has 2 aromatic carbocycles. The summed E-state index contributed by atoms with van der Waals surface area (Å²) >= 11 is 3.48. The number of anilines is 4. The zero-order valence-corrected chi connectivity index (χ0v) is 14.6. The minimum Gasteiger partial charge on any atom is -0.340 e. The SMILES string of the molecule is Cc1cc(Nc2ccc(Br)cc2C)nc(Nc2ccccc2)n1. The summed E-state index contributed by atoms with van der Waals surface area (Å²) in [6, 6.07) is 17.9. The molecular formula is C18H17BrN4. The average Bonchev–Trinajstić information content (AvgIpc) is 2.50. The molecule has 0 saturated carbocycles. The van der Waals surface area contributed by atoms with E-state index in [1.165, 1.54) is 0 Å². The minimum atomic E-state index is 0.577. The van der Waals surface area contributed by atoms with Gasteiger partial charge < -0.3 is 10.6 Å². The highest BCUT2D eigenvalue weighted by molar-refractivity contribution is 9.10. The maximum Gasteiger partial charge on any atom is 0.229 e. The summed E-state index contributed by atoms with van der Waals surface area (Å²) < 4.78 is 1.06. The molecule has 116 valence electrons. The van der Waals surface area contributed by atoms with E-state index in [0.717, 1.165) is 32.9 Å². The number of nitrogens with zero attached hydrogens (tertiary/aromatic N) is 2. The van der Waals surface area contributed by atoms with Gasteiger partial charge in [0.15, 0.2) is 0 Å². The van der Waals surface area contributed by atoms with Crippen LogP contribution in [0.15, 0.2) is 59.1 Å². The average molecular weight is 369 g/mol. The summed E-state index contributed by atoms with van der Waals surface area (Å²) in [4.78, 5) is 8.98. The van der Waals surface area contributed by atoms with Crippen LogP contribution in [-0.2, 0) is 0 Å². The minimum absolute atomic E-state index is 0.577. The molecule has 5 heteroatoms. The van der Waals surface area contributed by atoms with Gasteiger partial charge in [0.25, 0.3) is 0 Å². The molecule has 4 nitrogen and oxygen atoms in total. The predicted octanol–water partition coefficient (Wildman–Crippen LogP) is 5.34. The van der Waals surface area contributed by atoms with Gasteiger partial charge in [0.05, 0.1) is 0 Å². The lowest BCUT2D eigenvalue weighted by Crippen LogP contribution is -2.03. The first kappa shape index (κ1) is 15.5. The van der Waals surface area contributed by atoms with E-state index in [9.17, 15) is 0 Å². The molecular weight excluding hydrogens is 352 g/mol. The fraction of sp³-hybridized carbons (Fsp3) is 0.111. The molecule has 0 saturated heterocycles. The quantitative estimate of drug-likeness (QED) is 0.652. The van der Waals surface area contributed by atoms with Gasteiger partial charge in [-0.3, -0.25) is 0 Å². The van der Waals surface area contributed by atoms with Crippen molar-refractivity contribution in [2.75, 3.05) is 10.6 Å². The van der Waals surface area contributed by atoms with Crippen molar-refractivity contribution in [2.45, 2.75) is 13.8 Å². The topological polar surface area (TPSA) is 49.8 Å². The third-order valence-electron chi connectivity index (χ3n) is 3.34. The van der Waals surface area contributed by atoms with Crippen LogP contribution in [0, 0.1) is 13.8 Å². The molecule has 0 aliphatic heterocycles. The lowest BCUT2D eigenvalue weighted by atomic mass is 10.2. The fourth-order valence-electron chi connectivity index (χ4n) is 2.24. The van der Waals surface area contributed by atoms with E-state index in [2.05, 4.69) is 49.5 Å². The molecule has 0 aliphatic rings. The molecule has 0 spiro atoms. The number of aryl methyl sites for hydroxylation is 2. The zero-order valence-electron chi connectivity index (χ0n) is 13.0. The maximum atomic E-state index is 4.54. The summed E-state index contributed by atoms with van der Waals surface area (Å²) in [6.07, 6.45) is 0. The molecule has 0 aliphatic carbocycles. The molecule has 0 unspecified atom stereocenters. The second-order valence-corrected chi connectivity index (χ2v) is 6.21. The van der Waals surface area contributed by atoms with E-state index in [0.29, 0.717) is 5.95 Å². The van der Waals surface area contributed by atoms with Crippen molar-refractivity contribution < 1.29 is 0 Å². The molecule has 1 aromatic heterocycles. The van der Waals surface area contributed by atoms with Crippen LogP contribution in [0.4, 0.5) is 23.1 Å². The molecule has 0 radical (unpaired) electrons. The van der Waals surface area contributed by atoms with E-state index in [4.69, 9.17) is 0 Å². The Morgan fingerprint density at radius 1 is 0.870 bits per heavy atom. The summed E-state index contributed by atoms with van der Waals surface area (Å²) in [6.45, 7) is 4.02. The van der Waals surface area contributed by atoms with Crippen molar-refractivity contribution in [1.29, 1.82) is 0 Å². The van der Waals surface area contributed by atoms with Gasteiger partial charge in [-0.15, -0.1) is 0 Å². The Labute approximate surface area is 144 Å². The second kappa shape index (κ2) is 6.79. The van der Waals surface area contributed by atoms with E-state index in [-0.39, 0.29) is 0 Å². The normalized spacial score (nSPS) is 10.4. The standard InChI is InChI=1S/C18H17BrN4/c1-12-10-14(19)8-9-16(12)22-17-11-13(2)20-18(23-17)21-15-6-4-3-5-7-15/h3-11H,1-2H3,(H2,20,21,22,23). The van der Waals surface area contributed by atoms with Crippen LogP contribution in [0.25, 0.3) is 0 Å². The van der Waals surface area contributed by atoms with Gasteiger partial charge in [-0.2, -0.15) is 4.98 Å². The molecule has 0 amide bonds. The van der Waals surface area contributed by atoms with Crippen molar-refractivity contribution in [3.8, 4) is 0 Å². The summed E-state index contributed by atoms with van der Waals surface area (Å²) in [5.74, 6) is 1.34. The number of rotatable bonds is 4. The van der Waals surface area contributed by atoms with Crippen LogP contribution in [0.2, 0.25) is 0 Å². The Balaban J connectivity index is 1.85. The molecule has 1 heterocycles. The van der Waals surface area contributed by atoms with Crippen LogP contribution in [-0.4, -0.2) is 9.97 Å². The van der Waals surface area contributed by atoms with E-state index in [1.54, 1.807) is 0 Å². The Bertz CT molecular complexity index is 819. The Morgan fingerprint density at radius 2 is 1.65 bits per heavy atom. The summed E-state index contributed by atoms with van der Waals surface area (Å²) in [5, 5.41) is 6.58. The van der Waals surface area contributed by atoms with Crippen molar-refractivity contribution >= 4 is 39.1 Å². The first-order valence-electron chi connectivity index (χ1n) is 7.31. The van der Waals surface area contributed by atoms with Crippen LogP contribution in [0.3, 0.4) is 0 Å². The highest BCUT2D eigenvalue weighted by atomic mass is 79.9. The van der Waals surface area contributed by atoms with E-state index >= 15 is 0 Å². The number of hydrogen-bond acceptors (Lipinski definition) is 4. The van der Waals surface area contributed by atoms with Crippen molar-refractivity contribution in [3.05, 3.63) is 70.3 Å². The number of aromatic nitrogens is 2. The molecule has 23 heavy (non-hydrogen) atoms. The van der Waals surface area contributed by atoms with Gasteiger partial charge in [-0.05, 0) is 49.7 Å². The third kappa shape index (κ3) is 4.07. The van der Waals surface area contributed by atoms with Crippen molar-refractivity contribution in [2.24, 2.45) is 0 Å². The highest BCUT2D eigenvalue weighted by Gasteiger charge is 2.05. The first-order valence-corrected chi connectivity index (χ1v) is 8.10. The number of halogens is 1. The largest absolute Gasteiger partial charge is 0.340 e. The Kier molecular flexibility index (Phi) is 4.57. The van der Waals surface area contributed by atoms with Gasteiger partial charge in [-0.25, -0.2) is 4.98 Å². The summed E-state index contributed by atoms with van der Waals surface area (Å²) in [5.41, 5.74) is 4.03. The Morgan fingerprint density at radius 3 is 2.39 bits per heavy atom. The lowest BCUT2D eigenvalue weighted by Gasteiger charge is -2.12. The van der Waals surface area contributed by atoms with Gasteiger partial charge in [0, 0.05) is 27.6 Å². The number of benzene rings is 2. The van der Waals surface area contributed by atoms with Gasteiger partial charge in [-0.1, -0.05) is 34.1 Å². The smallest absolute Gasteiger partial charge is 0.229 e. The summed E-state index contributed by atoms with van der Waals surface area (Å²) in [7, 11) is 0. The molecule has 0 atom stereocenters. The van der Waals surface area contributed by atoms with Gasteiger partial charge >= 0.3 is 0 Å². The van der Waals surface area contributed by atoms with Crippen LogP contribution in [0.1, 0.15) is 11.3 Å². The molecule has 3 rings (SSSR count). The van der Waals surface area contributed by atoms with E-state index < -0.39 is 0 Å². The first-order chi connectivity index (χ1) is 11.1. The molecule has 3 aromatic rings. The molecule has 0 fully saturated rings. The van der Waals surface area contributed by atoms with Crippen molar-refractivity contribution in [1.82, 2.24) is 9.97 Å². The van der Waals surface area contributed by atoms with Crippen LogP contribution < -0.4 is 10.6 Å². The van der Waals surface area contributed by atoms with E-state index in [1.807, 2.05) is 55.5 Å². The maximum absolute atomic E-state index is 4.54. The van der Waals surface area contributed by atoms with Crippen LogP contribution in [0.5, 0.6) is 0 Å². The molecule has 0 bridgehead atoms. The van der Waals surface area contributed by atoms with Gasteiger partial charge in [0.1, 0.15) is 5.82 Å². The predicted molar refractivity (Wildman–Crippen MR) is 98.7 cm³/mol. The molecule has 2 N–H and O–H groups in total. The number of para-hydroxylation sites is 1. The number of nitrogens with one attached hydrogen (secondary N) is 2. The zero-order chi connectivity index (χ0) is 16.2. The lowest BCUT2D eigenvalue weighted by molar-refractivity contribution is 1.11. The van der Waals surface area contributed by atoms with Crippen molar-refractivity contribution in [3.63, 3.8) is 0 Å². The fourth-order valence-corrected chi connectivity index (χ4v) is 2.72. The third-order valence-corrected chi connectivity index (χ3v) is 3.83. The Hall–Kier alpha value is -2.40. The van der Waals surface area contributed by atoms with Crippen LogP contribution >= 0.6 is 15.9 Å². The second-order valence-electron chi connectivity index (χ2n) is 5.29.